The predicted octanol–water partition coefficient (Wildman–Crippen LogP) is 3.09. The number of hydrogen-bond donors (Lipinski definition) is 5. The molecule has 14 nitrogen and oxygen atoms in total. The van der Waals surface area contributed by atoms with E-state index in [2.05, 4.69) is 45.4 Å². The van der Waals surface area contributed by atoms with E-state index in [0.29, 0.717) is 0 Å². The molecule has 0 radical (unpaired) electrons. The maximum Gasteiger partial charge on any atom is 0.303 e. The smallest absolute Gasteiger partial charge is 0.303 e. The lowest BCUT2D eigenvalue weighted by Gasteiger charge is -2.18. The van der Waals surface area contributed by atoms with Gasteiger partial charge in [0.15, 0.2) is 11.1 Å². The first kappa shape index (κ1) is 35.0. The standard InChI is InChI=1S/C12H16N4O4.C6H16N4.C2H4O2/c1-11(7-13,5-3-9(17)18)15-16-12(2,8-14)6-4-10(19)20;1-3-5-7-9-10-8-6-4-2;1-2(3)4/h3-6H2,1-2H3,(H,17,18)(H,19,20);3-6H2,1-2H3,(H,7,10)(H,8,9);1H3,(H,3,4). The number of azo groups is 1. The molecule has 0 saturated heterocycles. The van der Waals surface area contributed by atoms with Crippen LogP contribution in [0, 0.1) is 22.7 Å². The molecule has 0 aromatic carbocycles. The Morgan fingerprint density at radius 3 is 1.59 bits per heavy atom. The minimum atomic E-state index is -1.35. The predicted molar refractivity (Wildman–Crippen MR) is 121 cm³/mol. The molecule has 0 aromatic rings. The van der Waals surface area contributed by atoms with Gasteiger partial charge in [-0.1, -0.05) is 19.1 Å². The number of carbonyl (C=O) groups is 3. The third-order valence-electron chi connectivity index (χ3n) is 3.52. The summed E-state index contributed by atoms with van der Waals surface area (Å²) in [6, 6.07) is 3.69. The van der Waals surface area contributed by atoms with Crippen molar-refractivity contribution >= 4 is 17.9 Å². The van der Waals surface area contributed by atoms with E-state index in [4.69, 9.17) is 30.6 Å². The highest BCUT2D eigenvalue weighted by Gasteiger charge is 2.29. The molecule has 14 heteroatoms. The van der Waals surface area contributed by atoms with Gasteiger partial charge in [-0.2, -0.15) is 25.9 Å². The van der Waals surface area contributed by atoms with Gasteiger partial charge >= 0.3 is 11.9 Å². The van der Waals surface area contributed by atoms with Gasteiger partial charge in [0.25, 0.3) is 5.97 Å². The monoisotopic (exact) mass is 484 g/mol. The van der Waals surface area contributed by atoms with Crippen LogP contribution in [0.4, 0.5) is 0 Å². The summed E-state index contributed by atoms with van der Waals surface area (Å²) in [5, 5.41) is 57.6. The van der Waals surface area contributed by atoms with Crippen molar-refractivity contribution in [2.24, 2.45) is 20.6 Å². The van der Waals surface area contributed by atoms with E-state index >= 15 is 0 Å². The largest absolute Gasteiger partial charge is 0.481 e. The van der Waals surface area contributed by atoms with Crippen molar-refractivity contribution in [3.63, 3.8) is 0 Å². The van der Waals surface area contributed by atoms with Crippen LogP contribution >= 0.6 is 0 Å². The topological polar surface area (TPSA) is 233 Å². The Balaban J connectivity index is -0.000000568. The lowest BCUT2D eigenvalue weighted by atomic mass is 9.97. The Kier molecular flexibility index (Phi) is 21.8. The summed E-state index contributed by atoms with van der Waals surface area (Å²) in [5.74, 6) is -2.95. The highest BCUT2D eigenvalue weighted by atomic mass is 16.4. The van der Waals surface area contributed by atoms with Crippen molar-refractivity contribution in [1.29, 1.82) is 10.5 Å². The second kappa shape index (κ2) is 21.2. The second-order valence-electron chi connectivity index (χ2n) is 7.28. The third kappa shape index (κ3) is 26.4. The highest BCUT2D eigenvalue weighted by Crippen LogP contribution is 2.23. The van der Waals surface area contributed by atoms with Gasteiger partial charge in [0.1, 0.15) is 0 Å². The van der Waals surface area contributed by atoms with E-state index in [1.165, 1.54) is 13.8 Å². The summed E-state index contributed by atoms with van der Waals surface area (Å²) in [4.78, 5) is 30.0. The average Bonchev–Trinajstić information content (AvgIpc) is 2.77. The van der Waals surface area contributed by atoms with Crippen molar-refractivity contribution in [2.45, 2.75) is 84.2 Å². The molecule has 0 aliphatic heterocycles. The molecule has 0 spiro atoms. The van der Waals surface area contributed by atoms with Gasteiger partial charge < -0.3 is 15.3 Å². The molecule has 0 saturated carbocycles. The van der Waals surface area contributed by atoms with E-state index in [9.17, 15) is 9.59 Å². The van der Waals surface area contributed by atoms with Gasteiger partial charge in [0.2, 0.25) is 0 Å². The molecule has 0 aromatic heterocycles. The summed E-state index contributed by atoms with van der Waals surface area (Å²) in [6.07, 6.45) is 1.56. The van der Waals surface area contributed by atoms with Crippen molar-refractivity contribution in [1.82, 2.24) is 11.0 Å². The van der Waals surface area contributed by atoms with Gasteiger partial charge in [0.05, 0.1) is 18.7 Å². The van der Waals surface area contributed by atoms with Crippen LogP contribution in [0.5, 0.6) is 0 Å². The molecule has 0 rings (SSSR count). The minimum absolute atomic E-state index is 0.0389. The van der Waals surface area contributed by atoms with Gasteiger partial charge in [-0.05, 0) is 39.5 Å². The summed E-state index contributed by atoms with van der Waals surface area (Å²) in [7, 11) is 0. The maximum absolute atomic E-state index is 10.5. The molecule has 5 N–H and O–H groups in total. The Hall–Kier alpha value is -3.65. The van der Waals surface area contributed by atoms with Crippen LogP contribution < -0.4 is 11.0 Å². The summed E-state index contributed by atoms with van der Waals surface area (Å²) in [6.45, 7) is 9.78. The number of carboxylic acid groups (broad SMARTS) is 3. The van der Waals surface area contributed by atoms with Crippen LogP contribution in [0.1, 0.15) is 73.1 Å². The molecule has 0 aliphatic carbocycles. The van der Waals surface area contributed by atoms with Crippen molar-refractivity contribution < 1.29 is 29.7 Å². The second-order valence-corrected chi connectivity index (χ2v) is 7.28. The van der Waals surface area contributed by atoms with E-state index in [1.54, 1.807) is 0 Å². The molecule has 2 atom stereocenters. The lowest BCUT2D eigenvalue weighted by molar-refractivity contribution is -0.138. The molecule has 0 aliphatic rings. The number of hydrogen-bond acceptors (Lipinski definition) is 10. The Bertz CT molecular complexity index is 698. The molecule has 0 heterocycles. The van der Waals surface area contributed by atoms with Crippen molar-refractivity contribution in [3.8, 4) is 12.1 Å². The van der Waals surface area contributed by atoms with Crippen LogP contribution in [0.3, 0.4) is 0 Å². The first-order valence-corrected chi connectivity index (χ1v) is 10.5. The number of hydrazine groups is 1. The fourth-order valence-electron chi connectivity index (χ4n) is 1.58. The van der Waals surface area contributed by atoms with Crippen molar-refractivity contribution in [2.75, 3.05) is 13.1 Å². The van der Waals surface area contributed by atoms with Gasteiger partial charge in [-0.3, -0.25) is 14.4 Å². The number of carboxylic acids is 3. The quantitative estimate of drug-likeness (QED) is 0.137. The Morgan fingerprint density at radius 2 is 1.29 bits per heavy atom. The number of nitrogens with zero attached hydrogens (tertiary/aromatic N) is 6. The van der Waals surface area contributed by atoms with Crippen LogP contribution in [-0.2, 0) is 14.4 Å². The van der Waals surface area contributed by atoms with E-state index in [-0.39, 0.29) is 25.7 Å². The first-order valence-electron chi connectivity index (χ1n) is 10.5. The van der Waals surface area contributed by atoms with Crippen LogP contribution in [0.2, 0.25) is 0 Å². The van der Waals surface area contributed by atoms with Gasteiger partial charge in [-0.15, -0.1) is 0 Å². The zero-order chi connectivity index (χ0) is 27.0. The molecular formula is C20H36N8O6. The number of rotatable bonds is 14. The van der Waals surface area contributed by atoms with E-state index in [1.807, 2.05) is 12.1 Å². The zero-order valence-corrected chi connectivity index (χ0v) is 20.4. The maximum atomic E-state index is 10.5. The van der Waals surface area contributed by atoms with Gasteiger partial charge in [0, 0.05) is 26.3 Å². The summed E-state index contributed by atoms with van der Waals surface area (Å²) >= 11 is 0. The number of aliphatic carboxylic acids is 3. The zero-order valence-electron chi connectivity index (χ0n) is 20.4. The molecule has 0 fully saturated rings. The molecular weight excluding hydrogens is 448 g/mol. The van der Waals surface area contributed by atoms with Crippen LogP contribution in [0.15, 0.2) is 20.6 Å². The number of nitriles is 2. The Morgan fingerprint density at radius 1 is 0.882 bits per heavy atom. The fourth-order valence-corrected chi connectivity index (χ4v) is 1.58. The molecule has 2 unspecified atom stereocenters. The molecule has 0 bridgehead atoms. The van der Waals surface area contributed by atoms with Crippen molar-refractivity contribution in [3.05, 3.63) is 0 Å². The van der Waals surface area contributed by atoms with Gasteiger partial charge in [-0.25, -0.2) is 11.0 Å². The fraction of sp³-hybridized carbons (Fsp3) is 0.750. The third-order valence-corrected chi connectivity index (χ3v) is 3.52. The Labute approximate surface area is 199 Å². The van der Waals surface area contributed by atoms with E-state index < -0.39 is 29.0 Å². The molecule has 0 amide bonds. The van der Waals surface area contributed by atoms with Crippen LogP contribution in [0.25, 0.3) is 0 Å². The minimum Gasteiger partial charge on any atom is -0.481 e. The summed E-state index contributed by atoms with van der Waals surface area (Å²) < 4.78 is 0. The normalized spacial score (nSPS) is 13.6. The SMILES string of the molecule is CC(=O)O.CC(C#N)(CCC(=O)O)N=NC(C)(C#N)CCC(=O)O.CCCN=NNNCCC. The first-order chi connectivity index (χ1) is 15.8. The molecule has 34 heavy (non-hydrogen) atoms. The summed E-state index contributed by atoms with van der Waals surface area (Å²) in [5.41, 5.74) is 2.82. The van der Waals surface area contributed by atoms with E-state index in [0.717, 1.165) is 32.9 Å². The van der Waals surface area contributed by atoms with Crippen LogP contribution in [-0.4, -0.2) is 57.4 Å². The molecule has 192 valence electrons. The number of nitrogens with one attached hydrogen (secondary N) is 2. The highest BCUT2D eigenvalue weighted by molar-refractivity contribution is 5.67. The lowest BCUT2D eigenvalue weighted by Crippen LogP contribution is -2.26. The average molecular weight is 485 g/mol.